The molecule has 152 valence electrons. The zero-order chi connectivity index (χ0) is 21.0. The van der Waals surface area contributed by atoms with Gasteiger partial charge >= 0.3 is 5.97 Å². The van der Waals surface area contributed by atoms with Crippen molar-refractivity contribution < 1.29 is 29.0 Å². The van der Waals surface area contributed by atoms with Crippen LogP contribution in [0, 0.1) is 5.92 Å². The molecule has 2 aromatic rings. The number of hydrogen-bond acceptors (Lipinski definition) is 5. The van der Waals surface area contributed by atoms with Gasteiger partial charge in [0.25, 0.3) is 0 Å². The van der Waals surface area contributed by atoms with Gasteiger partial charge < -0.3 is 24.8 Å². The molecule has 3 rings (SSSR count). The summed E-state index contributed by atoms with van der Waals surface area (Å²) in [6.07, 6.45) is 0.126. The van der Waals surface area contributed by atoms with Gasteiger partial charge in [-0.05, 0) is 42.0 Å². The van der Waals surface area contributed by atoms with Gasteiger partial charge in [0.2, 0.25) is 11.8 Å². The summed E-state index contributed by atoms with van der Waals surface area (Å²) in [5.74, 6) is -0.998. The Morgan fingerprint density at radius 1 is 1.14 bits per heavy atom. The predicted octanol–water partition coefficient (Wildman–Crippen LogP) is 2.07. The van der Waals surface area contributed by atoms with Gasteiger partial charge in [0.1, 0.15) is 17.1 Å². The molecule has 29 heavy (non-hydrogen) atoms. The van der Waals surface area contributed by atoms with Crippen LogP contribution in [0.2, 0.25) is 0 Å². The zero-order valence-electron chi connectivity index (χ0n) is 16.2. The highest BCUT2D eigenvalue weighted by Crippen LogP contribution is 2.27. The molecule has 0 unspecified atom stereocenters. The molecule has 1 atom stereocenters. The highest BCUT2D eigenvalue weighted by Gasteiger charge is 2.35. The maximum atomic E-state index is 12.5. The summed E-state index contributed by atoms with van der Waals surface area (Å²) in [4.78, 5) is 37.8. The van der Waals surface area contributed by atoms with E-state index < -0.39 is 11.9 Å². The van der Waals surface area contributed by atoms with Crippen LogP contribution in [-0.2, 0) is 16.1 Å². The number of carbonyl (C=O) groups is 3. The molecule has 8 heteroatoms. The van der Waals surface area contributed by atoms with E-state index >= 15 is 0 Å². The maximum absolute atomic E-state index is 12.5. The lowest BCUT2D eigenvalue weighted by atomic mass is 10.1. The number of carbonyl (C=O) groups excluding carboxylic acids is 2. The number of nitrogens with one attached hydrogen (secondary N) is 1. The Morgan fingerprint density at radius 2 is 1.86 bits per heavy atom. The fourth-order valence-electron chi connectivity index (χ4n) is 3.26. The van der Waals surface area contributed by atoms with Crippen molar-refractivity contribution in [2.75, 3.05) is 25.7 Å². The predicted molar refractivity (Wildman–Crippen MR) is 105 cm³/mol. The van der Waals surface area contributed by atoms with E-state index in [2.05, 4.69) is 5.32 Å². The third kappa shape index (κ3) is 4.48. The van der Waals surface area contributed by atoms with Gasteiger partial charge in [-0.2, -0.15) is 0 Å². The number of carboxylic acids is 1. The minimum atomic E-state index is -1.11. The molecule has 0 aliphatic carbocycles. The number of amides is 2. The minimum absolute atomic E-state index is 0.0287. The molecular formula is C21H22N2O6. The van der Waals surface area contributed by atoms with Crippen LogP contribution in [-0.4, -0.2) is 43.7 Å². The fourth-order valence-corrected chi connectivity index (χ4v) is 3.26. The molecule has 2 amide bonds. The third-order valence-corrected chi connectivity index (χ3v) is 4.84. The molecule has 1 heterocycles. The van der Waals surface area contributed by atoms with Crippen molar-refractivity contribution in [2.24, 2.45) is 5.92 Å². The van der Waals surface area contributed by atoms with Crippen molar-refractivity contribution >= 4 is 23.5 Å². The number of hydrogen-bond donors (Lipinski definition) is 2. The van der Waals surface area contributed by atoms with Gasteiger partial charge in [-0.1, -0.05) is 6.07 Å². The smallest absolute Gasteiger partial charge is 0.339 e. The van der Waals surface area contributed by atoms with Gasteiger partial charge in [-0.3, -0.25) is 9.59 Å². The first kappa shape index (κ1) is 20.2. The molecule has 8 nitrogen and oxygen atoms in total. The summed E-state index contributed by atoms with van der Waals surface area (Å²) >= 11 is 0. The average molecular weight is 398 g/mol. The average Bonchev–Trinajstić information content (AvgIpc) is 3.13. The summed E-state index contributed by atoms with van der Waals surface area (Å²) in [6.45, 7) is 0.455. The normalized spacial score (nSPS) is 15.9. The van der Waals surface area contributed by atoms with Crippen LogP contribution in [0.1, 0.15) is 22.3 Å². The molecule has 2 N–H and O–H groups in total. The monoisotopic (exact) mass is 398 g/mol. The van der Waals surface area contributed by atoms with Crippen molar-refractivity contribution in [3.8, 4) is 11.5 Å². The molecule has 2 aromatic carbocycles. The van der Waals surface area contributed by atoms with Gasteiger partial charge in [0.05, 0.1) is 20.1 Å². The Labute approximate surface area is 168 Å². The van der Waals surface area contributed by atoms with E-state index in [1.807, 2.05) is 0 Å². The zero-order valence-corrected chi connectivity index (χ0v) is 16.2. The first-order valence-corrected chi connectivity index (χ1v) is 9.05. The third-order valence-electron chi connectivity index (χ3n) is 4.84. The summed E-state index contributed by atoms with van der Waals surface area (Å²) < 4.78 is 10.1. The molecule has 0 aromatic heterocycles. The first-order valence-electron chi connectivity index (χ1n) is 9.05. The fraction of sp³-hybridized carbons (Fsp3) is 0.286. The minimum Gasteiger partial charge on any atom is -0.497 e. The van der Waals surface area contributed by atoms with Gasteiger partial charge in [0, 0.05) is 25.2 Å². The molecule has 0 saturated carbocycles. The van der Waals surface area contributed by atoms with E-state index in [1.54, 1.807) is 48.4 Å². The number of anilines is 1. The summed E-state index contributed by atoms with van der Waals surface area (Å²) in [7, 11) is 2.97. The molecule has 1 fully saturated rings. The van der Waals surface area contributed by atoms with Crippen LogP contribution < -0.4 is 19.7 Å². The number of rotatable bonds is 7. The number of aromatic carboxylic acids is 1. The van der Waals surface area contributed by atoms with E-state index in [1.165, 1.54) is 13.2 Å². The van der Waals surface area contributed by atoms with E-state index in [9.17, 15) is 19.5 Å². The van der Waals surface area contributed by atoms with Crippen LogP contribution in [0.15, 0.2) is 42.5 Å². The van der Waals surface area contributed by atoms with E-state index in [0.29, 0.717) is 23.5 Å². The number of benzene rings is 2. The Morgan fingerprint density at radius 3 is 2.48 bits per heavy atom. The van der Waals surface area contributed by atoms with Crippen molar-refractivity contribution in [3.63, 3.8) is 0 Å². The molecule has 0 radical (unpaired) electrons. The number of methoxy groups -OCH3 is 2. The molecule has 0 bridgehead atoms. The number of nitrogens with zero attached hydrogens (tertiary/aromatic N) is 1. The van der Waals surface area contributed by atoms with Crippen LogP contribution in [0.25, 0.3) is 0 Å². The second-order valence-electron chi connectivity index (χ2n) is 6.66. The van der Waals surface area contributed by atoms with Crippen molar-refractivity contribution in [3.05, 3.63) is 53.6 Å². The second-order valence-corrected chi connectivity index (χ2v) is 6.66. The summed E-state index contributed by atoms with van der Waals surface area (Å²) in [6, 6.07) is 11.8. The molecule has 0 spiro atoms. The van der Waals surface area contributed by atoms with Crippen molar-refractivity contribution in [1.82, 2.24) is 5.32 Å². The van der Waals surface area contributed by atoms with Crippen LogP contribution in [0.5, 0.6) is 11.5 Å². The lowest BCUT2D eigenvalue weighted by Crippen LogP contribution is -2.32. The SMILES string of the molecule is COc1ccc(N2C[C@H](C(=O)NCc3ccc(OC)c(C(=O)O)c3)CC2=O)cc1. The standard InChI is InChI=1S/C21H22N2O6/c1-28-16-6-4-15(5-7-16)23-12-14(10-19(23)24)20(25)22-11-13-3-8-18(29-2)17(9-13)21(26)27/h3-9,14H,10-12H2,1-2H3,(H,22,25)(H,26,27)/t14-/m1/s1. The highest BCUT2D eigenvalue weighted by atomic mass is 16.5. The van der Waals surface area contributed by atoms with Crippen LogP contribution in [0.4, 0.5) is 5.69 Å². The maximum Gasteiger partial charge on any atom is 0.339 e. The molecule has 1 aliphatic heterocycles. The van der Waals surface area contributed by atoms with Gasteiger partial charge in [-0.15, -0.1) is 0 Å². The Bertz CT molecular complexity index is 925. The lowest BCUT2D eigenvalue weighted by molar-refractivity contribution is -0.126. The quantitative estimate of drug-likeness (QED) is 0.740. The topological polar surface area (TPSA) is 105 Å². The largest absolute Gasteiger partial charge is 0.497 e. The van der Waals surface area contributed by atoms with Gasteiger partial charge in [-0.25, -0.2) is 4.79 Å². The Hall–Kier alpha value is -3.55. The molecular weight excluding hydrogens is 376 g/mol. The van der Waals surface area contributed by atoms with Gasteiger partial charge in [0.15, 0.2) is 0 Å². The Balaban J connectivity index is 1.62. The summed E-state index contributed by atoms with van der Waals surface area (Å²) in [5.41, 5.74) is 1.38. The van der Waals surface area contributed by atoms with Crippen LogP contribution in [0.3, 0.4) is 0 Å². The Kier molecular flexibility index (Phi) is 6.01. The number of ether oxygens (including phenoxy) is 2. The second kappa shape index (κ2) is 8.64. The van der Waals surface area contributed by atoms with E-state index in [-0.39, 0.29) is 36.1 Å². The van der Waals surface area contributed by atoms with Crippen molar-refractivity contribution in [1.29, 1.82) is 0 Å². The highest BCUT2D eigenvalue weighted by molar-refractivity contribution is 6.00. The van der Waals surface area contributed by atoms with Crippen molar-refractivity contribution in [2.45, 2.75) is 13.0 Å². The summed E-state index contributed by atoms with van der Waals surface area (Å²) in [5, 5.41) is 12.0. The van der Waals surface area contributed by atoms with Crippen LogP contribution >= 0.6 is 0 Å². The first-order chi connectivity index (χ1) is 13.9. The molecule has 1 aliphatic rings. The number of carboxylic acid groups (broad SMARTS) is 1. The molecule has 1 saturated heterocycles. The lowest BCUT2D eigenvalue weighted by Gasteiger charge is -2.17. The van der Waals surface area contributed by atoms with E-state index in [0.717, 1.165) is 0 Å². The van der Waals surface area contributed by atoms with E-state index in [4.69, 9.17) is 9.47 Å².